The van der Waals surface area contributed by atoms with Gasteiger partial charge in [0.15, 0.2) is 0 Å². The third-order valence-electron chi connectivity index (χ3n) is 11.9. The van der Waals surface area contributed by atoms with E-state index in [1.54, 1.807) is 0 Å². The standard InChI is InChI=1S/C50H99NO5/c1-4-7-10-13-16-18-20-22-24-25-26-28-30-33-36-39-42-48(53)47(45-52)51-49(54)44-46(41-38-35-32-15-12-9-6-3)56-50(55)43-40-37-34-31-29-27-23-21-19-17-14-11-8-5-2/h46-48,52-53H,4-45H2,1-3H3,(H,51,54). The van der Waals surface area contributed by atoms with Crippen LogP contribution >= 0.6 is 0 Å². The highest BCUT2D eigenvalue weighted by Gasteiger charge is 2.24. The number of rotatable bonds is 46. The molecule has 0 aromatic carbocycles. The molecule has 0 aliphatic carbocycles. The molecule has 1 amide bonds. The van der Waals surface area contributed by atoms with E-state index in [4.69, 9.17) is 4.74 Å². The highest BCUT2D eigenvalue weighted by Crippen LogP contribution is 2.18. The van der Waals surface area contributed by atoms with Crippen molar-refractivity contribution in [3.63, 3.8) is 0 Å². The minimum absolute atomic E-state index is 0.0859. The number of ether oxygens (including phenoxy) is 1. The van der Waals surface area contributed by atoms with Crippen molar-refractivity contribution in [1.82, 2.24) is 5.32 Å². The van der Waals surface area contributed by atoms with Gasteiger partial charge in [-0.15, -0.1) is 0 Å². The summed E-state index contributed by atoms with van der Waals surface area (Å²) in [5, 5.41) is 23.7. The normalized spacial score (nSPS) is 13.2. The Labute approximate surface area is 349 Å². The van der Waals surface area contributed by atoms with Gasteiger partial charge in [-0.2, -0.15) is 0 Å². The lowest BCUT2D eigenvalue weighted by Gasteiger charge is -2.24. The Balaban J connectivity index is 4.31. The fraction of sp³-hybridized carbons (Fsp3) is 0.960. The highest BCUT2D eigenvalue weighted by molar-refractivity contribution is 5.77. The van der Waals surface area contributed by atoms with E-state index in [0.717, 1.165) is 38.5 Å². The molecule has 0 spiro atoms. The number of unbranched alkanes of at least 4 members (excludes halogenated alkanes) is 34. The number of nitrogens with one attached hydrogen (secondary N) is 1. The first-order valence-electron chi connectivity index (χ1n) is 25.3. The molecule has 0 radical (unpaired) electrons. The Morgan fingerprint density at radius 1 is 0.446 bits per heavy atom. The monoisotopic (exact) mass is 794 g/mol. The third-order valence-corrected chi connectivity index (χ3v) is 11.9. The average molecular weight is 794 g/mol. The van der Waals surface area contributed by atoms with Gasteiger partial charge in [0, 0.05) is 6.42 Å². The van der Waals surface area contributed by atoms with Gasteiger partial charge in [0.1, 0.15) is 6.10 Å². The fourth-order valence-corrected chi connectivity index (χ4v) is 8.08. The molecule has 6 heteroatoms. The number of amides is 1. The minimum atomic E-state index is -0.778. The van der Waals surface area contributed by atoms with Crippen LogP contribution in [0.3, 0.4) is 0 Å². The Hall–Kier alpha value is -1.14. The van der Waals surface area contributed by atoms with E-state index in [1.807, 2.05) is 0 Å². The van der Waals surface area contributed by atoms with Crippen LogP contribution in [0, 0.1) is 0 Å². The summed E-state index contributed by atoms with van der Waals surface area (Å²) < 4.78 is 5.89. The van der Waals surface area contributed by atoms with Gasteiger partial charge in [-0.25, -0.2) is 0 Å². The number of carbonyl (C=O) groups is 2. The van der Waals surface area contributed by atoms with E-state index < -0.39 is 18.2 Å². The SMILES string of the molecule is CCCCCCCCCCCCCCCCCCC(O)C(CO)NC(=O)CC(CCCCCCCCC)OC(=O)CCCCCCCCCCCCCCCC. The van der Waals surface area contributed by atoms with Gasteiger partial charge in [-0.3, -0.25) is 9.59 Å². The van der Waals surface area contributed by atoms with Crippen LogP contribution in [0.4, 0.5) is 0 Å². The van der Waals surface area contributed by atoms with Crippen LogP contribution in [-0.2, 0) is 14.3 Å². The molecule has 3 unspecified atom stereocenters. The van der Waals surface area contributed by atoms with Gasteiger partial charge >= 0.3 is 5.97 Å². The van der Waals surface area contributed by atoms with E-state index >= 15 is 0 Å². The van der Waals surface area contributed by atoms with E-state index in [-0.39, 0.29) is 24.9 Å². The second-order valence-electron chi connectivity index (χ2n) is 17.6. The summed E-state index contributed by atoms with van der Waals surface area (Å²) in [4.78, 5) is 26.0. The number of hydrogen-bond acceptors (Lipinski definition) is 5. The van der Waals surface area contributed by atoms with Crippen molar-refractivity contribution in [2.45, 2.75) is 302 Å². The van der Waals surface area contributed by atoms with Crippen LogP contribution in [-0.4, -0.2) is 46.9 Å². The second kappa shape index (κ2) is 45.0. The Morgan fingerprint density at radius 3 is 1.09 bits per heavy atom. The predicted molar refractivity (Wildman–Crippen MR) is 241 cm³/mol. The number of esters is 1. The van der Waals surface area contributed by atoms with Gasteiger partial charge in [-0.1, -0.05) is 245 Å². The molecule has 0 saturated carbocycles. The first-order chi connectivity index (χ1) is 27.5. The molecular formula is C50H99NO5. The molecule has 0 heterocycles. The largest absolute Gasteiger partial charge is 0.462 e. The lowest BCUT2D eigenvalue weighted by molar-refractivity contribution is -0.151. The molecule has 0 aliphatic rings. The molecular weight excluding hydrogens is 695 g/mol. The van der Waals surface area contributed by atoms with Crippen molar-refractivity contribution in [1.29, 1.82) is 0 Å². The zero-order valence-electron chi connectivity index (χ0n) is 38.0. The van der Waals surface area contributed by atoms with Crippen LogP contribution in [0.15, 0.2) is 0 Å². The van der Waals surface area contributed by atoms with E-state index in [0.29, 0.717) is 19.3 Å². The van der Waals surface area contributed by atoms with E-state index in [1.165, 1.54) is 199 Å². The van der Waals surface area contributed by atoms with Crippen molar-refractivity contribution in [2.24, 2.45) is 0 Å². The molecule has 6 nitrogen and oxygen atoms in total. The van der Waals surface area contributed by atoms with Crippen molar-refractivity contribution < 1.29 is 24.5 Å². The van der Waals surface area contributed by atoms with Crippen LogP contribution < -0.4 is 5.32 Å². The Bertz CT molecular complexity index is 806. The quantitative estimate of drug-likeness (QED) is 0.0421. The molecule has 0 aliphatic heterocycles. The van der Waals surface area contributed by atoms with Crippen molar-refractivity contribution in [3.8, 4) is 0 Å². The molecule has 56 heavy (non-hydrogen) atoms. The van der Waals surface area contributed by atoms with Gasteiger partial charge in [0.2, 0.25) is 5.91 Å². The molecule has 3 atom stereocenters. The number of carbonyl (C=O) groups excluding carboxylic acids is 2. The molecule has 0 saturated heterocycles. The van der Waals surface area contributed by atoms with Crippen LogP contribution in [0.5, 0.6) is 0 Å². The van der Waals surface area contributed by atoms with Gasteiger partial charge < -0.3 is 20.3 Å². The maximum Gasteiger partial charge on any atom is 0.306 e. The summed E-state index contributed by atoms with van der Waals surface area (Å²) in [5.74, 6) is -0.459. The molecule has 0 rings (SSSR count). The lowest BCUT2D eigenvalue weighted by atomic mass is 10.0. The molecule has 334 valence electrons. The van der Waals surface area contributed by atoms with E-state index in [9.17, 15) is 19.8 Å². The smallest absolute Gasteiger partial charge is 0.306 e. The molecule has 0 aromatic heterocycles. The van der Waals surface area contributed by atoms with Crippen LogP contribution in [0.2, 0.25) is 0 Å². The summed E-state index contributed by atoms with van der Waals surface area (Å²) in [5.41, 5.74) is 0. The third kappa shape index (κ3) is 39.7. The number of hydrogen-bond donors (Lipinski definition) is 3. The van der Waals surface area contributed by atoms with Crippen molar-refractivity contribution in [2.75, 3.05) is 6.61 Å². The summed E-state index contributed by atoms with van der Waals surface area (Å²) in [7, 11) is 0. The molecule has 0 bridgehead atoms. The predicted octanol–water partition coefficient (Wildman–Crippen LogP) is 14.8. The highest BCUT2D eigenvalue weighted by atomic mass is 16.5. The van der Waals surface area contributed by atoms with Crippen molar-refractivity contribution in [3.05, 3.63) is 0 Å². The fourth-order valence-electron chi connectivity index (χ4n) is 8.08. The van der Waals surface area contributed by atoms with Crippen LogP contribution in [0.1, 0.15) is 284 Å². The second-order valence-corrected chi connectivity index (χ2v) is 17.6. The number of aliphatic hydroxyl groups is 2. The Morgan fingerprint density at radius 2 is 0.750 bits per heavy atom. The zero-order chi connectivity index (χ0) is 41.0. The summed E-state index contributed by atoms with van der Waals surface area (Å²) in [6.45, 7) is 6.48. The molecule has 0 aromatic rings. The summed E-state index contributed by atoms with van der Waals surface area (Å²) >= 11 is 0. The molecule has 3 N–H and O–H groups in total. The lowest BCUT2D eigenvalue weighted by Crippen LogP contribution is -2.46. The Kier molecular flexibility index (Phi) is 44.0. The maximum absolute atomic E-state index is 13.1. The first kappa shape index (κ1) is 54.9. The van der Waals surface area contributed by atoms with Gasteiger partial charge in [0.05, 0.1) is 25.2 Å². The first-order valence-corrected chi connectivity index (χ1v) is 25.3. The molecule has 0 fully saturated rings. The van der Waals surface area contributed by atoms with Crippen LogP contribution in [0.25, 0.3) is 0 Å². The van der Waals surface area contributed by atoms with Gasteiger partial charge in [-0.05, 0) is 25.7 Å². The number of aliphatic hydroxyl groups excluding tert-OH is 2. The summed E-state index contributed by atoms with van der Waals surface area (Å²) in [6.07, 6.45) is 47.5. The maximum atomic E-state index is 13.1. The minimum Gasteiger partial charge on any atom is -0.462 e. The van der Waals surface area contributed by atoms with Crippen molar-refractivity contribution >= 4 is 11.9 Å². The van der Waals surface area contributed by atoms with E-state index in [2.05, 4.69) is 26.1 Å². The topological polar surface area (TPSA) is 95.9 Å². The zero-order valence-corrected chi connectivity index (χ0v) is 38.0. The summed E-state index contributed by atoms with van der Waals surface area (Å²) in [6, 6.07) is -0.690. The van der Waals surface area contributed by atoms with Gasteiger partial charge in [0.25, 0.3) is 0 Å². The average Bonchev–Trinajstić information content (AvgIpc) is 3.19.